The van der Waals surface area contributed by atoms with Gasteiger partial charge in [-0.25, -0.2) is 0 Å². The lowest BCUT2D eigenvalue weighted by molar-refractivity contribution is 0.437. The monoisotopic (exact) mass is 493 g/mol. The normalized spacial score (nSPS) is 22.4. The lowest BCUT2D eigenvalue weighted by atomic mass is 9.96. The minimum Gasteiger partial charge on any atom is -0.378 e. The molecule has 2 saturated carbocycles. The molecule has 0 saturated heterocycles. The van der Waals surface area contributed by atoms with Crippen molar-refractivity contribution in [2.45, 2.75) is 89.3 Å². The fourth-order valence-corrected chi connectivity index (χ4v) is 6.40. The van der Waals surface area contributed by atoms with Gasteiger partial charge in [0.15, 0.2) is 0 Å². The summed E-state index contributed by atoms with van der Waals surface area (Å²) in [6.07, 6.45) is 14.4. The minimum absolute atomic E-state index is 0.396. The molecule has 37 heavy (non-hydrogen) atoms. The van der Waals surface area contributed by atoms with Crippen LogP contribution in [-0.2, 0) is 0 Å². The van der Waals surface area contributed by atoms with Crippen LogP contribution in [-0.4, -0.2) is 23.1 Å². The number of nitrogens with one attached hydrogen (secondary N) is 2. The number of para-hydroxylation sites is 1. The Morgan fingerprint density at radius 1 is 0.838 bits per heavy atom. The van der Waals surface area contributed by atoms with Crippen molar-refractivity contribution in [3.05, 3.63) is 77.9 Å². The van der Waals surface area contributed by atoms with Crippen LogP contribution in [0, 0.1) is 6.92 Å². The van der Waals surface area contributed by atoms with Crippen molar-refractivity contribution in [3.8, 4) is 0 Å². The fraction of sp³-hybridized carbons (Fsp3) is 0.438. The first-order chi connectivity index (χ1) is 18.3. The van der Waals surface area contributed by atoms with Crippen LogP contribution >= 0.6 is 0 Å². The molecule has 3 aromatic rings. The third-order valence-electron chi connectivity index (χ3n) is 8.36. The number of rotatable bonds is 4. The zero-order chi connectivity index (χ0) is 25.0. The van der Waals surface area contributed by atoms with E-state index in [9.17, 15) is 0 Å². The minimum atomic E-state index is 0.396. The van der Waals surface area contributed by atoms with Gasteiger partial charge in [-0.15, -0.1) is 0 Å². The molecule has 2 unspecified atom stereocenters. The summed E-state index contributed by atoms with van der Waals surface area (Å²) in [7, 11) is 0. The second-order valence-corrected chi connectivity index (χ2v) is 10.9. The van der Waals surface area contributed by atoms with Crippen LogP contribution in [0.5, 0.6) is 0 Å². The van der Waals surface area contributed by atoms with E-state index in [0.717, 1.165) is 22.4 Å². The maximum Gasteiger partial charge on any atom is 0.0814 e. The number of hydrogen-bond acceptors (Lipinski definition) is 5. The summed E-state index contributed by atoms with van der Waals surface area (Å²) in [5, 5.41) is 8.76. The molecule has 6 rings (SSSR count). The number of aromatic nitrogens is 1. The highest BCUT2D eigenvalue weighted by atomic mass is 15.2. The van der Waals surface area contributed by atoms with Gasteiger partial charge in [0.05, 0.1) is 45.9 Å². The van der Waals surface area contributed by atoms with Crippen molar-refractivity contribution >= 4 is 28.4 Å². The maximum atomic E-state index is 5.33. The molecule has 192 valence electrons. The molecule has 2 aromatic carbocycles. The van der Waals surface area contributed by atoms with Crippen molar-refractivity contribution in [3.63, 3.8) is 0 Å². The molecule has 2 atom stereocenters. The summed E-state index contributed by atoms with van der Waals surface area (Å²) in [6, 6.07) is 23.2. The predicted molar refractivity (Wildman–Crippen MR) is 154 cm³/mol. The van der Waals surface area contributed by atoms with Gasteiger partial charge in [0.2, 0.25) is 0 Å². The third-order valence-corrected chi connectivity index (χ3v) is 8.36. The molecule has 2 heterocycles. The first-order valence-electron chi connectivity index (χ1n) is 14.3. The van der Waals surface area contributed by atoms with E-state index >= 15 is 0 Å². The van der Waals surface area contributed by atoms with Gasteiger partial charge in [0, 0.05) is 17.9 Å². The molecule has 5 heteroatoms. The Morgan fingerprint density at radius 2 is 1.62 bits per heavy atom. The van der Waals surface area contributed by atoms with Gasteiger partial charge in [-0.2, -0.15) is 0 Å². The highest BCUT2D eigenvalue weighted by molar-refractivity contribution is 5.82. The average Bonchev–Trinajstić information content (AvgIpc) is 3.26. The molecule has 2 aliphatic carbocycles. The van der Waals surface area contributed by atoms with Crippen LogP contribution in [0.3, 0.4) is 0 Å². The SMILES string of the molecule is Cc1ncccc1Nc1cc2c(ccc1=NC1CCCCC1)N(c1ccccc1)C1CCCCCC1N2. The van der Waals surface area contributed by atoms with Gasteiger partial charge in [-0.05, 0) is 75.1 Å². The van der Waals surface area contributed by atoms with Gasteiger partial charge >= 0.3 is 0 Å². The number of aryl methyl sites for hydroxylation is 1. The van der Waals surface area contributed by atoms with E-state index in [4.69, 9.17) is 4.99 Å². The first kappa shape index (κ1) is 24.0. The van der Waals surface area contributed by atoms with E-state index in [1.54, 1.807) is 0 Å². The highest BCUT2D eigenvalue weighted by Crippen LogP contribution is 2.43. The van der Waals surface area contributed by atoms with Crippen molar-refractivity contribution in [1.29, 1.82) is 0 Å². The highest BCUT2D eigenvalue weighted by Gasteiger charge is 2.35. The van der Waals surface area contributed by atoms with Gasteiger partial charge in [0.1, 0.15) is 0 Å². The standard InChI is InChI=1S/C32H39N5/c1-23-26(17-11-21-33-23)35-29-22-30-32(20-19-27(29)34-24-12-5-2-6-13-24)37(25-14-7-3-8-15-25)31-18-10-4-9-16-28(31)36-30/h3,7-8,11,14-15,17,19-22,24,28,31,36H,2,4-6,9-10,12-13,16,18H2,1H3,(H,34,35). The van der Waals surface area contributed by atoms with Crippen LogP contribution in [0.25, 0.3) is 0 Å². The molecular formula is C32H39N5. The van der Waals surface area contributed by atoms with E-state index in [1.165, 1.54) is 81.3 Å². The van der Waals surface area contributed by atoms with Crippen LogP contribution in [0.2, 0.25) is 0 Å². The van der Waals surface area contributed by atoms with Crippen molar-refractivity contribution in [1.82, 2.24) is 4.98 Å². The number of benzene rings is 1. The lowest BCUT2D eigenvalue weighted by Gasteiger charge is -2.43. The average molecular weight is 494 g/mol. The van der Waals surface area contributed by atoms with E-state index < -0.39 is 0 Å². The van der Waals surface area contributed by atoms with Crippen LogP contribution in [0.4, 0.5) is 28.4 Å². The van der Waals surface area contributed by atoms with Crippen LogP contribution in [0.1, 0.15) is 69.9 Å². The Hall–Kier alpha value is -3.34. The van der Waals surface area contributed by atoms with E-state index in [2.05, 4.69) is 82.0 Å². The summed E-state index contributed by atoms with van der Waals surface area (Å²) in [6.45, 7) is 2.06. The molecule has 0 spiro atoms. The Kier molecular flexibility index (Phi) is 7.11. The zero-order valence-corrected chi connectivity index (χ0v) is 22.0. The quantitative estimate of drug-likeness (QED) is 0.392. The lowest BCUT2D eigenvalue weighted by Crippen LogP contribution is -2.48. The maximum absolute atomic E-state index is 5.33. The largest absolute Gasteiger partial charge is 0.378 e. The molecule has 2 N–H and O–H groups in total. The first-order valence-corrected chi connectivity index (χ1v) is 14.3. The molecule has 1 aromatic heterocycles. The second-order valence-electron chi connectivity index (χ2n) is 10.9. The number of anilines is 5. The fourth-order valence-electron chi connectivity index (χ4n) is 6.40. The number of nitrogens with zero attached hydrogens (tertiary/aromatic N) is 3. The molecule has 1 aliphatic heterocycles. The molecular weight excluding hydrogens is 454 g/mol. The van der Waals surface area contributed by atoms with E-state index in [1.807, 2.05) is 12.3 Å². The summed E-state index contributed by atoms with van der Waals surface area (Å²) in [5.74, 6) is 0. The Morgan fingerprint density at radius 3 is 2.43 bits per heavy atom. The molecule has 3 aliphatic rings. The van der Waals surface area contributed by atoms with Crippen LogP contribution in [0.15, 0.2) is 71.9 Å². The predicted octanol–water partition coefficient (Wildman–Crippen LogP) is 7.63. The van der Waals surface area contributed by atoms with Gasteiger partial charge in [0.25, 0.3) is 0 Å². The Bertz CT molecular complexity index is 1280. The smallest absolute Gasteiger partial charge is 0.0814 e. The van der Waals surface area contributed by atoms with Gasteiger partial charge in [-0.1, -0.05) is 56.7 Å². The Labute approximate surface area is 221 Å². The number of fused-ring (bicyclic) bond motifs is 2. The molecule has 5 nitrogen and oxygen atoms in total. The molecule has 0 radical (unpaired) electrons. The van der Waals surface area contributed by atoms with Crippen LogP contribution < -0.4 is 20.9 Å². The molecule has 0 amide bonds. The Balaban J connectivity index is 1.51. The third kappa shape index (κ3) is 5.22. The summed E-state index contributed by atoms with van der Waals surface area (Å²) in [5.41, 5.74) is 6.78. The summed E-state index contributed by atoms with van der Waals surface area (Å²) < 4.78 is 0. The van der Waals surface area contributed by atoms with Crippen molar-refractivity contribution in [2.24, 2.45) is 4.99 Å². The topological polar surface area (TPSA) is 52.6 Å². The summed E-state index contributed by atoms with van der Waals surface area (Å²) >= 11 is 0. The van der Waals surface area contributed by atoms with Crippen molar-refractivity contribution < 1.29 is 0 Å². The molecule has 2 fully saturated rings. The van der Waals surface area contributed by atoms with Gasteiger partial charge < -0.3 is 15.5 Å². The van der Waals surface area contributed by atoms with E-state index in [-0.39, 0.29) is 0 Å². The van der Waals surface area contributed by atoms with E-state index in [0.29, 0.717) is 18.1 Å². The second kappa shape index (κ2) is 11.0. The number of pyridine rings is 1. The summed E-state index contributed by atoms with van der Waals surface area (Å²) in [4.78, 5) is 12.5. The van der Waals surface area contributed by atoms with Crippen molar-refractivity contribution in [2.75, 3.05) is 15.5 Å². The number of hydrogen-bond donors (Lipinski definition) is 2. The molecule has 0 bridgehead atoms. The van der Waals surface area contributed by atoms with Gasteiger partial charge in [-0.3, -0.25) is 9.98 Å². The zero-order valence-electron chi connectivity index (χ0n) is 22.0.